The molecule has 0 heterocycles. The molecule has 0 saturated heterocycles. The van der Waals surface area contributed by atoms with Crippen LogP contribution >= 0.6 is 0 Å². The zero-order chi connectivity index (χ0) is 65.0. The Kier molecular flexibility index (Phi) is 16.6. The average molecular weight is 1180 g/mol. The molecule has 0 aromatic heterocycles. The van der Waals surface area contributed by atoms with Crippen molar-refractivity contribution in [2.24, 2.45) is 0 Å². The molecule has 12 rings (SSSR count). The van der Waals surface area contributed by atoms with Crippen molar-refractivity contribution in [1.82, 2.24) is 0 Å². The molecule has 0 saturated carbocycles. The molecule has 9 aromatic carbocycles. The Labute approximate surface area is 538 Å². The van der Waals surface area contributed by atoms with Gasteiger partial charge in [-0.1, -0.05) is 170 Å². The van der Waals surface area contributed by atoms with Crippen molar-refractivity contribution >= 4 is 34.1 Å². The zero-order valence-corrected chi connectivity index (χ0v) is 59.0. The minimum Gasteiger partial charge on any atom is -0.336 e. The lowest BCUT2D eigenvalue weighted by Gasteiger charge is -2.40. The molecule has 0 aliphatic heterocycles. The van der Waals surface area contributed by atoms with Gasteiger partial charge >= 0.3 is 0 Å². The Balaban J connectivity index is 0.000000147. The normalized spacial score (nSPS) is 14.5. The molecule has 0 bridgehead atoms. The Hall–Kier alpha value is -7.62. The topological polar surface area (TPSA) is 9.72 Å². The molecule has 3 heteroatoms. The van der Waals surface area contributed by atoms with Crippen LogP contribution in [0, 0.1) is 55.4 Å². The van der Waals surface area contributed by atoms with Gasteiger partial charge in [-0.3, -0.25) is 0 Å². The third-order valence-electron chi connectivity index (χ3n) is 19.8. The van der Waals surface area contributed by atoms with Gasteiger partial charge < -0.3 is 14.7 Å². The standard InChI is InChI=1S/C30H37N.2C28H33N/c1-19(2)22-14-12-15-24-28(22)23-17-21(4)27(18-25(23)30(24,8)9)31(29(5,6)7)26-16-11-10-13-20(26)3;1-18-12-9-10-15-24(18)29(27(4,5)6)25-17-23-21(16-20(25)3)26-19(2)13-11-14-22(26)28(23,7)8;1-18-13-14-23-21(15-18)22-16-20(3)26(17-24(22)28(23,7)8)29(27(4,5)6)25-12-10-9-11-19(25)2/h10-19H,1-9H3;2*9-17H,1-8H3. The third kappa shape index (κ3) is 11.4. The predicted molar refractivity (Wildman–Crippen MR) is 389 cm³/mol. The maximum atomic E-state index is 2.53. The first-order chi connectivity index (χ1) is 41.5. The van der Waals surface area contributed by atoms with Crippen LogP contribution in [0.15, 0.2) is 164 Å². The lowest BCUT2D eigenvalue weighted by atomic mass is 9.81. The number of rotatable bonds is 7. The van der Waals surface area contributed by atoms with Crippen LogP contribution in [0.3, 0.4) is 0 Å². The Morgan fingerprint density at radius 2 is 0.607 bits per heavy atom. The summed E-state index contributed by atoms with van der Waals surface area (Å²) < 4.78 is 0. The van der Waals surface area contributed by atoms with E-state index in [0.717, 1.165) is 0 Å². The number of aryl methyl sites for hydroxylation is 8. The van der Waals surface area contributed by atoms with Crippen molar-refractivity contribution in [2.75, 3.05) is 14.7 Å². The van der Waals surface area contributed by atoms with E-state index in [1.165, 1.54) is 151 Å². The number of fused-ring (bicyclic) bond motifs is 9. The van der Waals surface area contributed by atoms with E-state index in [-0.39, 0.29) is 32.9 Å². The summed E-state index contributed by atoms with van der Waals surface area (Å²) in [6, 6.07) is 61.4. The number of hydrogen-bond donors (Lipinski definition) is 0. The van der Waals surface area contributed by atoms with Crippen LogP contribution in [-0.4, -0.2) is 16.6 Å². The van der Waals surface area contributed by atoms with Crippen molar-refractivity contribution < 1.29 is 0 Å². The van der Waals surface area contributed by atoms with Gasteiger partial charge in [-0.25, -0.2) is 0 Å². The van der Waals surface area contributed by atoms with Crippen LogP contribution < -0.4 is 14.7 Å². The molecule has 0 spiro atoms. The largest absolute Gasteiger partial charge is 0.336 e. The minimum atomic E-state index is -0.0379. The first kappa shape index (κ1) is 64.4. The summed E-state index contributed by atoms with van der Waals surface area (Å²) in [5.41, 5.74) is 36.9. The summed E-state index contributed by atoms with van der Waals surface area (Å²) in [5.74, 6) is 0.509. The van der Waals surface area contributed by atoms with Crippen molar-refractivity contribution in [3.8, 4) is 33.4 Å². The highest BCUT2D eigenvalue weighted by Gasteiger charge is 2.42. The van der Waals surface area contributed by atoms with Gasteiger partial charge in [0.15, 0.2) is 0 Å². The van der Waals surface area contributed by atoms with Crippen molar-refractivity contribution in [3.63, 3.8) is 0 Å². The SMILES string of the molecule is Cc1ccc2c(c1)-c1cc(C)c(N(c3ccccc3C)C(C)(C)C)cc1C2(C)C.Cc1ccccc1N(c1cc2c(cc1C)-c1c(C(C)C)cccc1C2(C)C)C(C)(C)C.Cc1ccccc1N(c1cc2c(cc1C)-c1c(C)cccc1C2(C)C)C(C)(C)C. The van der Waals surface area contributed by atoms with E-state index in [2.05, 4.69) is 352 Å². The van der Waals surface area contributed by atoms with Crippen LogP contribution in [0.25, 0.3) is 33.4 Å². The van der Waals surface area contributed by atoms with E-state index in [1.54, 1.807) is 0 Å². The molecule has 9 aromatic rings. The second-order valence-corrected chi connectivity index (χ2v) is 31.3. The van der Waals surface area contributed by atoms with Crippen LogP contribution in [-0.2, 0) is 16.2 Å². The smallest absolute Gasteiger partial charge is 0.0449 e. The monoisotopic (exact) mass is 1180 g/mol. The maximum Gasteiger partial charge on any atom is 0.0449 e. The number of nitrogens with zero attached hydrogens (tertiary/aromatic N) is 3. The van der Waals surface area contributed by atoms with Crippen molar-refractivity contribution in [2.45, 2.75) is 212 Å². The van der Waals surface area contributed by atoms with Crippen molar-refractivity contribution in [1.29, 1.82) is 0 Å². The van der Waals surface area contributed by atoms with Gasteiger partial charge in [0.1, 0.15) is 0 Å². The Bertz CT molecular complexity index is 4190. The fraction of sp³-hybridized carbons (Fsp3) is 0.372. The number of para-hydroxylation sites is 3. The number of anilines is 6. The summed E-state index contributed by atoms with van der Waals surface area (Å²) in [5, 5.41) is 0. The van der Waals surface area contributed by atoms with Gasteiger partial charge in [-0.05, 0) is 289 Å². The summed E-state index contributed by atoms with van der Waals surface area (Å²) in [6.45, 7) is 57.4. The molecule has 0 atom stereocenters. The molecule has 0 radical (unpaired) electrons. The van der Waals surface area contributed by atoms with Crippen LogP contribution in [0.1, 0.15) is 207 Å². The summed E-state index contributed by atoms with van der Waals surface area (Å²) in [7, 11) is 0. The molecule has 462 valence electrons. The lowest BCUT2D eigenvalue weighted by Crippen LogP contribution is -2.38. The molecular weight excluding hydrogens is 1070 g/mol. The van der Waals surface area contributed by atoms with Gasteiger partial charge in [0.2, 0.25) is 0 Å². The highest BCUT2D eigenvalue weighted by Crippen LogP contribution is 2.56. The van der Waals surface area contributed by atoms with E-state index < -0.39 is 0 Å². The second-order valence-electron chi connectivity index (χ2n) is 31.3. The molecular formula is C86H103N3. The first-order valence-corrected chi connectivity index (χ1v) is 32.9. The third-order valence-corrected chi connectivity index (χ3v) is 19.8. The van der Waals surface area contributed by atoms with Crippen LogP contribution in [0.4, 0.5) is 34.1 Å². The van der Waals surface area contributed by atoms with Crippen molar-refractivity contribution in [3.05, 3.63) is 247 Å². The van der Waals surface area contributed by atoms with E-state index in [9.17, 15) is 0 Å². The lowest BCUT2D eigenvalue weighted by molar-refractivity contribution is 0.557. The fourth-order valence-electron chi connectivity index (χ4n) is 15.3. The second kappa shape index (κ2) is 23.0. The highest BCUT2D eigenvalue weighted by molar-refractivity contribution is 5.90. The predicted octanol–water partition coefficient (Wildman–Crippen LogP) is 24.4. The van der Waals surface area contributed by atoms with Gasteiger partial charge in [0.05, 0.1) is 0 Å². The van der Waals surface area contributed by atoms with E-state index in [1.807, 2.05) is 0 Å². The van der Waals surface area contributed by atoms with Gasteiger partial charge in [-0.2, -0.15) is 0 Å². The molecule has 3 nitrogen and oxygen atoms in total. The van der Waals surface area contributed by atoms with Gasteiger partial charge in [0.25, 0.3) is 0 Å². The molecule has 0 amide bonds. The Morgan fingerprint density at radius 3 is 1.00 bits per heavy atom. The fourth-order valence-corrected chi connectivity index (χ4v) is 15.3. The average Bonchev–Trinajstić information content (AvgIpc) is 1.68. The zero-order valence-electron chi connectivity index (χ0n) is 59.0. The summed E-state index contributed by atoms with van der Waals surface area (Å²) >= 11 is 0. The summed E-state index contributed by atoms with van der Waals surface area (Å²) in [6.07, 6.45) is 0. The molecule has 89 heavy (non-hydrogen) atoms. The number of benzene rings is 9. The highest BCUT2D eigenvalue weighted by atomic mass is 15.2. The maximum absolute atomic E-state index is 2.53. The first-order valence-electron chi connectivity index (χ1n) is 32.9. The quantitative estimate of drug-likeness (QED) is 0.157. The minimum absolute atomic E-state index is 0.00664. The van der Waals surface area contributed by atoms with E-state index in [0.29, 0.717) is 5.92 Å². The van der Waals surface area contributed by atoms with E-state index in [4.69, 9.17) is 0 Å². The molecule has 3 aliphatic rings. The number of hydrogen-bond acceptors (Lipinski definition) is 3. The van der Waals surface area contributed by atoms with Gasteiger partial charge in [-0.15, -0.1) is 0 Å². The molecule has 0 N–H and O–H groups in total. The van der Waals surface area contributed by atoms with Crippen LogP contribution in [0.2, 0.25) is 0 Å². The van der Waals surface area contributed by atoms with E-state index >= 15 is 0 Å². The molecule has 3 aliphatic carbocycles. The Morgan fingerprint density at radius 1 is 0.281 bits per heavy atom. The van der Waals surface area contributed by atoms with Crippen LogP contribution in [0.5, 0.6) is 0 Å². The summed E-state index contributed by atoms with van der Waals surface area (Å²) in [4.78, 5) is 7.56. The molecule has 0 unspecified atom stereocenters. The van der Waals surface area contributed by atoms with Gasteiger partial charge in [0, 0.05) is 67.0 Å². The molecule has 0 fully saturated rings.